The second-order valence-corrected chi connectivity index (χ2v) is 5.26. The van der Waals surface area contributed by atoms with Gasteiger partial charge in [0.05, 0.1) is 24.2 Å². The van der Waals surface area contributed by atoms with Crippen molar-refractivity contribution in [1.29, 1.82) is 0 Å². The summed E-state index contributed by atoms with van der Waals surface area (Å²) in [7, 11) is 1.31. The standard InChI is InChI=1S/C15H19N3O3/c1-20-15(19)18-14-16-12-8-7-11(9-13(12)17-14)21-10-5-3-2-4-6-10/h7-10H,2-6H2,1H3,(H2,16,17,18,19). The van der Waals surface area contributed by atoms with Crippen LogP contribution in [0.4, 0.5) is 10.7 Å². The molecular weight excluding hydrogens is 270 g/mol. The van der Waals surface area contributed by atoms with E-state index in [4.69, 9.17) is 4.74 Å². The van der Waals surface area contributed by atoms with Crippen molar-refractivity contribution in [2.24, 2.45) is 0 Å². The predicted molar refractivity (Wildman–Crippen MR) is 79.6 cm³/mol. The molecule has 3 rings (SSSR count). The minimum atomic E-state index is -0.548. The lowest BCUT2D eigenvalue weighted by Gasteiger charge is -2.22. The number of aromatic nitrogens is 2. The third-order valence-corrected chi connectivity index (χ3v) is 3.72. The number of nitrogens with zero attached hydrogens (tertiary/aromatic N) is 1. The number of anilines is 1. The van der Waals surface area contributed by atoms with E-state index in [1.807, 2.05) is 18.2 Å². The molecular formula is C15H19N3O3. The van der Waals surface area contributed by atoms with E-state index >= 15 is 0 Å². The lowest BCUT2D eigenvalue weighted by atomic mass is 9.98. The number of H-pyrrole nitrogens is 1. The van der Waals surface area contributed by atoms with Crippen LogP contribution in [0.3, 0.4) is 0 Å². The van der Waals surface area contributed by atoms with Crippen LogP contribution in [0.25, 0.3) is 11.0 Å². The molecule has 0 spiro atoms. The average Bonchev–Trinajstić information content (AvgIpc) is 2.89. The van der Waals surface area contributed by atoms with Gasteiger partial charge >= 0.3 is 6.09 Å². The maximum absolute atomic E-state index is 11.2. The minimum absolute atomic E-state index is 0.308. The lowest BCUT2D eigenvalue weighted by Crippen LogP contribution is -2.19. The Balaban J connectivity index is 1.74. The molecule has 112 valence electrons. The number of amides is 1. The number of carbonyl (C=O) groups is 1. The topological polar surface area (TPSA) is 76.2 Å². The maximum atomic E-state index is 11.2. The first kappa shape index (κ1) is 13.7. The number of hydrogen-bond donors (Lipinski definition) is 2. The highest BCUT2D eigenvalue weighted by atomic mass is 16.5. The first-order valence-electron chi connectivity index (χ1n) is 7.26. The van der Waals surface area contributed by atoms with E-state index in [9.17, 15) is 4.79 Å². The average molecular weight is 289 g/mol. The molecule has 1 aromatic carbocycles. The van der Waals surface area contributed by atoms with Crippen LogP contribution >= 0.6 is 0 Å². The molecule has 2 aromatic rings. The van der Waals surface area contributed by atoms with Gasteiger partial charge in [-0.2, -0.15) is 0 Å². The van der Waals surface area contributed by atoms with Crippen LogP contribution in [0.15, 0.2) is 18.2 Å². The van der Waals surface area contributed by atoms with Crippen molar-refractivity contribution in [3.05, 3.63) is 18.2 Å². The molecule has 6 nitrogen and oxygen atoms in total. The highest BCUT2D eigenvalue weighted by molar-refractivity contribution is 5.86. The summed E-state index contributed by atoms with van der Waals surface area (Å²) in [6, 6.07) is 5.73. The molecule has 21 heavy (non-hydrogen) atoms. The Bertz CT molecular complexity index is 632. The number of rotatable bonds is 3. The van der Waals surface area contributed by atoms with Crippen LogP contribution in [-0.4, -0.2) is 29.3 Å². The number of imidazole rings is 1. The fraction of sp³-hybridized carbons (Fsp3) is 0.467. The summed E-state index contributed by atoms with van der Waals surface area (Å²) in [5, 5.41) is 2.51. The van der Waals surface area contributed by atoms with Crippen molar-refractivity contribution in [3.8, 4) is 5.75 Å². The highest BCUT2D eigenvalue weighted by Gasteiger charge is 2.15. The quantitative estimate of drug-likeness (QED) is 0.907. The molecule has 1 aromatic heterocycles. The number of methoxy groups -OCH3 is 1. The van der Waals surface area contributed by atoms with Gasteiger partial charge in [0.25, 0.3) is 0 Å². The fourth-order valence-corrected chi connectivity index (χ4v) is 2.64. The summed E-state index contributed by atoms with van der Waals surface area (Å²) < 4.78 is 10.5. The van der Waals surface area contributed by atoms with Gasteiger partial charge in [0, 0.05) is 6.07 Å². The SMILES string of the molecule is COC(=O)Nc1nc2cc(OC3CCCCC3)ccc2[nH]1. The predicted octanol–water partition coefficient (Wildman–Crippen LogP) is 3.45. The molecule has 6 heteroatoms. The second-order valence-electron chi connectivity index (χ2n) is 5.26. The highest BCUT2D eigenvalue weighted by Crippen LogP contribution is 2.26. The molecule has 0 radical (unpaired) electrons. The maximum Gasteiger partial charge on any atom is 0.413 e. The number of nitrogens with one attached hydrogen (secondary N) is 2. The molecule has 0 bridgehead atoms. The van der Waals surface area contributed by atoms with Crippen molar-refractivity contribution in [2.75, 3.05) is 12.4 Å². The van der Waals surface area contributed by atoms with Crippen LogP contribution < -0.4 is 10.1 Å². The van der Waals surface area contributed by atoms with E-state index in [2.05, 4.69) is 20.0 Å². The van der Waals surface area contributed by atoms with E-state index in [0.29, 0.717) is 12.1 Å². The van der Waals surface area contributed by atoms with Gasteiger partial charge < -0.3 is 14.5 Å². The molecule has 2 N–H and O–H groups in total. The Hall–Kier alpha value is -2.24. The summed E-state index contributed by atoms with van der Waals surface area (Å²) in [5.74, 6) is 1.19. The zero-order valence-corrected chi connectivity index (χ0v) is 12.0. The van der Waals surface area contributed by atoms with E-state index in [1.54, 1.807) is 0 Å². The summed E-state index contributed by atoms with van der Waals surface area (Å²) in [6.07, 6.45) is 5.78. The molecule has 1 amide bonds. The van der Waals surface area contributed by atoms with E-state index in [-0.39, 0.29) is 0 Å². The van der Waals surface area contributed by atoms with Crippen LogP contribution in [-0.2, 0) is 4.74 Å². The van der Waals surface area contributed by atoms with Gasteiger partial charge in [0.15, 0.2) is 0 Å². The van der Waals surface area contributed by atoms with Crippen molar-refractivity contribution >= 4 is 23.1 Å². The van der Waals surface area contributed by atoms with Crippen LogP contribution in [0.2, 0.25) is 0 Å². The van der Waals surface area contributed by atoms with E-state index in [0.717, 1.165) is 29.6 Å². The van der Waals surface area contributed by atoms with Gasteiger partial charge in [-0.05, 0) is 37.8 Å². The number of fused-ring (bicyclic) bond motifs is 1. The first-order chi connectivity index (χ1) is 10.2. The Labute approximate surface area is 122 Å². The van der Waals surface area contributed by atoms with Gasteiger partial charge in [0.1, 0.15) is 5.75 Å². The molecule has 1 fully saturated rings. The van der Waals surface area contributed by atoms with Gasteiger partial charge in [-0.3, -0.25) is 5.32 Å². The summed E-state index contributed by atoms with van der Waals surface area (Å²) >= 11 is 0. The molecule has 0 atom stereocenters. The Kier molecular flexibility index (Phi) is 3.94. The molecule has 0 saturated heterocycles. The Morgan fingerprint density at radius 1 is 1.33 bits per heavy atom. The van der Waals surface area contributed by atoms with E-state index < -0.39 is 6.09 Å². The lowest BCUT2D eigenvalue weighted by molar-refractivity contribution is 0.155. The number of carbonyl (C=O) groups excluding carboxylic acids is 1. The molecule has 0 unspecified atom stereocenters. The third-order valence-electron chi connectivity index (χ3n) is 3.72. The summed E-state index contributed by atoms with van der Waals surface area (Å²) in [4.78, 5) is 18.5. The summed E-state index contributed by atoms with van der Waals surface area (Å²) in [5.41, 5.74) is 1.60. The molecule has 1 heterocycles. The van der Waals surface area contributed by atoms with E-state index in [1.165, 1.54) is 26.4 Å². The first-order valence-corrected chi connectivity index (χ1v) is 7.26. The van der Waals surface area contributed by atoms with Crippen molar-refractivity contribution in [3.63, 3.8) is 0 Å². The van der Waals surface area contributed by atoms with Crippen molar-refractivity contribution in [2.45, 2.75) is 38.2 Å². The number of hydrogen-bond acceptors (Lipinski definition) is 4. The Morgan fingerprint density at radius 2 is 2.14 bits per heavy atom. The van der Waals surface area contributed by atoms with Gasteiger partial charge in [0.2, 0.25) is 5.95 Å². The smallest absolute Gasteiger partial charge is 0.413 e. The summed E-state index contributed by atoms with van der Waals surface area (Å²) in [6.45, 7) is 0. The normalized spacial score (nSPS) is 15.9. The van der Waals surface area contributed by atoms with Crippen molar-refractivity contribution in [1.82, 2.24) is 9.97 Å². The van der Waals surface area contributed by atoms with Gasteiger partial charge in [-0.25, -0.2) is 9.78 Å². The van der Waals surface area contributed by atoms with Crippen LogP contribution in [0, 0.1) is 0 Å². The van der Waals surface area contributed by atoms with Crippen LogP contribution in [0.5, 0.6) is 5.75 Å². The third kappa shape index (κ3) is 3.26. The Morgan fingerprint density at radius 3 is 2.90 bits per heavy atom. The number of aromatic amines is 1. The molecule has 1 saturated carbocycles. The number of benzene rings is 1. The number of ether oxygens (including phenoxy) is 2. The van der Waals surface area contributed by atoms with Gasteiger partial charge in [-0.1, -0.05) is 6.42 Å². The molecule has 1 aliphatic rings. The molecule has 1 aliphatic carbocycles. The van der Waals surface area contributed by atoms with Crippen LogP contribution in [0.1, 0.15) is 32.1 Å². The zero-order chi connectivity index (χ0) is 14.7. The second kappa shape index (κ2) is 6.03. The van der Waals surface area contributed by atoms with Crippen molar-refractivity contribution < 1.29 is 14.3 Å². The fourth-order valence-electron chi connectivity index (χ4n) is 2.64. The zero-order valence-electron chi connectivity index (χ0n) is 12.0. The monoisotopic (exact) mass is 289 g/mol. The minimum Gasteiger partial charge on any atom is -0.490 e. The largest absolute Gasteiger partial charge is 0.490 e. The van der Waals surface area contributed by atoms with Gasteiger partial charge in [-0.15, -0.1) is 0 Å². The molecule has 0 aliphatic heterocycles.